The summed E-state index contributed by atoms with van der Waals surface area (Å²) in [5.41, 5.74) is 0.360. The molecule has 0 N–H and O–H groups in total. The molecule has 1 saturated heterocycles. The van der Waals surface area contributed by atoms with Crippen LogP contribution >= 0.6 is 11.6 Å². The minimum atomic E-state index is -2.89. The molecule has 0 aromatic heterocycles. The highest BCUT2D eigenvalue weighted by Crippen LogP contribution is 2.22. The number of ether oxygens (including phenoxy) is 1. The number of hydrogen-bond donors (Lipinski definition) is 0. The first-order valence-corrected chi connectivity index (χ1v) is 7.03. The van der Waals surface area contributed by atoms with Crippen molar-refractivity contribution in [1.29, 1.82) is 0 Å². The first kappa shape index (κ1) is 15.0. The molecule has 0 aliphatic carbocycles. The van der Waals surface area contributed by atoms with E-state index in [9.17, 15) is 13.6 Å². The summed E-state index contributed by atoms with van der Waals surface area (Å²) < 4.78 is 28.7. The predicted octanol–water partition coefficient (Wildman–Crippen LogP) is 3.38. The van der Waals surface area contributed by atoms with Gasteiger partial charge in [-0.3, -0.25) is 4.79 Å². The van der Waals surface area contributed by atoms with Gasteiger partial charge in [0.1, 0.15) is 5.75 Å². The molecule has 0 saturated carbocycles. The highest BCUT2D eigenvalue weighted by Gasteiger charge is 2.24. The molecule has 2 rings (SSSR count). The van der Waals surface area contributed by atoms with E-state index in [0.717, 1.165) is 12.8 Å². The fourth-order valence-corrected chi connectivity index (χ4v) is 2.62. The number of nitrogens with zero attached hydrogens (tertiary/aromatic N) is 1. The van der Waals surface area contributed by atoms with Crippen molar-refractivity contribution in [3.8, 4) is 5.75 Å². The number of likely N-dealkylation sites (tertiary alicyclic amines) is 1. The van der Waals surface area contributed by atoms with Gasteiger partial charge in [-0.15, -0.1) is 11.6 Å². The molecule has 0 spiro atoms. The number of amides is 1. The first-order valence-electron chi connectivity index (χ1n) is 6.50. The van der Waals surface area contributed by atoms with Gasteiger partial charge in [-0.2, -0.15) is 8.78 Å². The summed E-state index contributed by atoms with van der Waals surface area (Å²) in [5, 5.41) is 0. The van der Waals surface area contributed by atoms with E-state index in [1.807, 2.05) is 0 Å². The van der Waals surface area contributed by atoms with Gasteiger partial charge in [0.05, 0.1) is 0 Å². The molecule has 6 heteroatoms. The fraction of sp³-hybridized carbons (Fsp3) is 0.500. The van der Waals surface area contributed by atoms with E-state index in [2.05, 4.69) is 4.74 Å². The maximum Gasteiger partial charge on any atom is 0.387 e. The molecular weight excluding hydrogens is 288 g/mol. The van der Waals surface area contributed by atoms with Crippen LogP contribution in [0.2, 0.25) is 0 Å². The van der Waals surface area contributed by atoms with Crippen LogP contribution in [0.15, 0.2) is 24.3 Å². The second kappa shape index (κ2) is 6.88. The van der Waals surface area contributed by atoms with Crippen molar-refractivity contribution < 1.29 is 18.3 Å². The van der Waals surface area contributed by atoms with Crippen LogP contribution in [-0.2, 0) is 0 Å². The van der Waals surface area contributed by atoms with Gasteiger partial charge in [-0.05, 0) is 37.0 Å². The fourth-order valence-electron chi connectivity index (χ4n) is 2.36. The lowest BCUT2D eigenvalue weighted by Gasteiger charge is -2.31. The average Bonchev–Trinajstić information content (AvgIpc) is 2.46. The van der Waals surface area contributed by atoms with Crippen LogP contribution in [0.3, 0.4) is 0 Å². The summed E-state index contributed by atoms with van der Waals surface area (Å²) in [4.78, 5) is 14.1. The molecule has 1 aromatic carbocycles. The van der Waals surface area contributed by atoms with Gasteiger partial charge >= 0.3 is 6.61 Å². The Morgan fingerprint density at radius 2 is 2.30 bits per heavy atom. The molecule has 1 heterocycles. The zero-order chi connectivity index (χ0) is 14.5. The van der Waals surface area contributed by atoms with Crippen LogP contribution in [0, 0.1) is 5.92 Å². The van der Waals surface area contributed by atoms with Crippen LogP contribution in [0.1, 0.15) is 23.2 Å². The molecule has 1 aliphatic rings. The van der Waals surface area contributed by atoms with Crippen molar-refractivity contribution in [2.75, 3.05) is 19.0 Å². The van der Waals surface area contributed by atoms with Crippen molar-refractivity contribution in [2.45, 2.75) is 19.5 Å². The van der Waals surface area contributed by atoms with Gasteiger partial charge in [0, 0.05) is 24.5 Å². The summed E-state index contributed by atoms with van der Waals surface area (Å²) in [6.07, 6.45) is 1.93. The summed E-state index contributed by atoms with van der Waals surface area (Å²) in [7, 11) is 0. The minimum Gasteiger partial charge on any atom is -0.435 e. The molecule has 1 amide bonds. The Morgan fingerprint density at radius 1 is 1.50 bits per heavy atom. The minimum absolute atomic E-state index is 0.00301. The number of alkyl halides is 3. The molecule has 3 nitrogen and oxygen atoms in total. The van der Waals surface area contributed by atoms with E-state index in [0.29, 0.717) is 30.5 Å². The average molecular weight is 304 g/mol. The van der Waals surface area contributed by atoms with E-state index in [4.69, 9.17) is 11.6 Å². The number of benzene rings is 1. The highest BCUT2D eigenvalue weighted by atomic mass is 35.5. The van der Waals surface area contributed by atoms with E-state index < -0.39 is 6.61 Å². The van der Waals surface area contributed by atoms with Gasteiger partial charge in [0.2, 0.25) is 0 Å². The Labute approximate surface area is 121 Å². The third-order valence-electron chi connectivity index (χ3n) is 3.33. The standard InChI is InChI=1S/C14H16ClF2NO2/c15-8-10-3-2-6-18(9-10)13(19)11-4-1-5-12(7-11)20-14(16)17/h1,4-5,7,10,14H,2-3,6,8-9H2. The third kappa shape index (κ3) is 3.82. The maximum absolute atomic E-state index is 12.3. The summed E-state index contributed by atoms with van der Waals surface area (Å²) in [5.74, 6) is 0.657. The lowest BCUT2D eigenvalue weighted by molar-refractivity contribution is -0.0499. The van der Waals surface area contributed by atoms with Gasteiger partial charge in [0.25, 0.3) is 5.91 Å². The number of carbonyl (C=O) groups is 1. The summed E-state index contributed by atoms with van der Waals surface area (Å²) >= 11 is 5.84. The van der Waals surface area contributed by atoms with Gasteiger partial charge < -0.3 is 9.64 Å². The Hall–Kier alpha value is -1.36. The van der Waals surface area contributed by atoms with Gasteiger partial charge in [0.15, 0.2) is 0 Å². The number of carbonyl (C=O) groups excluding carboxylic acids is 1. The Kier molecular flexibility index (Phi) is 5.17. The number of hydrogen-bond acceptors (Lipinski definition) is 2. The molecule has 1 atom stereocenters. The molecule has 1 aliphatic heterocycles. The van der Waals surface area contributed by atoms with E-state index >= 15 is 0 Å². The van der Waals surface area contributed by atoms with Crippen LogP contribution in [0.4, 0.5) is 8.78 Å². The van der Waals surface area contributed by atoms with Crippen molar-refractivity contribution in [1.82, 2.24) is 4.90 Å². The van der Waals surface area contributed by atoms with Gasteiger partial charge in [-0.1, -0.05) is 6.07 Å². The van der Waals surface area contributed by atoms with Crippen molar-refractivity contribution in [3.63, 3.8) is 0 Å². The predicted molar refractivity (Wildman–Crippen MR) is 72.4 cm³/mol. The van der Waals surface area contributed by atoms with Crippen molar-refractivity contribution in [2.24, 2.45) is 5.92 Å². The van der Waals surface area contributed by atoms with E-state index in [1.54, 1.807) is 11.0 Å². The lowest BCUT2D eigenvalue weighted by atomic mass is 9.99. The van der Waals surface area contributed by atoms with Crippen LogP contribution < -0.4 is 4.74 Å². The molecule has 0 radical (unpaired) electrons. The second-order valence-electron chi connectivity index (χ2n) is 4.82. The molecule has 20 heavy (non-hydrogen) atoms. The molecule has 1 fully saturated rings. The quantitative estimate of drug-likeness (QED) is 0.798. The largest absolute Gasteiger partial charge is 0.435 e. The van der Waals surface area contributed by atoms with Crippen molar-refractivity contribution >= 4 is 17.5 Å². The Bertz CT molecular complexity index is 470. The Morgan fingerprint density at radius 3 is 3.00 bits per heavy atom. The zero-order valence-corrected chi connectivity index (χ0v) is 11.7. The zero-order valence-electron chi connectivity index (χ0n) is 10.9. The smallest absolute Gasteiger partial charge is 0.387 e. The molecule has 1 aromatic rings. The van der Waals surface area contributed by atoms with Crippen LogP contribution in [-0.4, -0.2) is 36.4 Å². The Balaban J connectivity index is 2.08. The highest BCUT2D eigenvalue weighted by molar-refractivity contribution is 6.18. The third-order valence-corrected chi connectivity index (χ3v) is 3.77. The summed E-state index contributed by atoms with van der Waals surface area (Å²) in [6, 6.07) is 5.89. The first-order chi connectivity index (χ1) is 9.60. The topological polar surface area (TPSA) is 29.5 Å². The maximum atomic E-state index is 12.3. The molecule has 1 unspecified atom stereocenters. The number of piperidine rings is 1. The van der Waals surface area contributed by atoms with Gasteiger partial charge in [-0.25, -0.2) is 0 Å². The normalized spacial score (nSPS) is 19.2. The molecular formula is C14H16ClF2NO2. The second-order valence-corrected chi connectivity index (χ2v) is 5.13. The number of rotatable bonds is 4. The van der Waals surface area contributed by atoms with E-state index in [-0.39, 0.29) is 11.7 Å². The summed E-state index contributed by atoms with van der Waals surface area (Å²) in [6.45, 7) is -1.61. The SMILES string of the molecule is O=C(c1cccc(OC(F)F)c1)N1CCCC(CCl)C1. The molecule has 0 bridgehead atoms. The lowest BCUT2D eigenvalue weighted by Crippen LogP contribution is -2.40. The molecule has 110 valence electrons. The van der Waals surface area contributed by atoms with Crippen LogP contribution in [0.25, 0.3) is 0 Å². The number of halogens is 3. The van der Waals surface area contributed by atoms with Crippen LogP contribution in [0.5, 0.6) is 5.75 Å². The van der Waals surface area contributed by atoms with Crippen molar-refractivity contribution in [3.05, 3.63) is 29.8 Å². The monoisotopic (exact) mass is 303 g/mol. The van der Waals surface area contributed by atoms with E-state index in [1.165, 1.54) is 18.2 Å².